The monoisotopic (exact) mass is 346 g/mol. The van der Waals surface area contributed by atoms with Crippen LogP contribution >= 0.6 is 11.3 Å². The van der Waals surface area contributed by atoms with Crippen LogP contribution in [0.4, 0.5) is 5.82 Å². The van der Waals surface area contributed by atoms with E-state index < -0.39 is 0 Å². The maximum absolute atomic E-state index is 12.5. The highest BCUT2D eigenvalue weighted by molar-refractivity contribution is 7.10. The van der Waals surface area contributed by atoms with Gasteiger partial charge in [0.1, 0.15) is 0 Å². The van der Waals surface area contributed by atoms with Gasteiger partial charge in [0.05, 0.1) is 5.92 Å². The second-order valence-electron chi connectivity index (χ2n) is 6.20. The number of anilines is 1. The molecule has 3 rings (SSSR count). The van der Waals surface area contributed by atoms with Crippen molar-refractivity contribution >= 4 is 23.1 Å². The molecule has 0 unspecified atom stereocenters. The lowest BCUT2D eigenvalue weighted by molar-refractivity contribution is -0.122. The van der Waals surface area contributed by atoms with E-state index in [-0.39, 0.29) is 23.4 Å². The van der Waals surface area contributed by atoms with Crippen molar-refractivity contribution in [3.05, 3.63) is 45.1 Å². The van der Waals surface area contributed by atoms with Gasteiger partial charge in [-0.05, 0) is 31.2 Å². The van der Waals surface area contributed by atoms with Crippen LogP contribution in [0.2, 0.25) is 0 Å². The summed E-state index contributed by atoms with van der Waals surface area (Å²) < 4.78 is 1.53. The summed E-state index contributed by atoms with van der Waals surface area (Å²) in [6.45, 7) is 3.34. The molecular weight excluding hydrogens is 324 g/mol. The van der Waals surface area contributed by atoms with Crippen LogP contribution in [0.3, 0.4) is 0 Å². The number of hydrogen-bond donors (Lipinski definition) is 1. The highest BCUT2D eigenvalue weighted by atomic mass is 32.1. The third kappa shape index (κ3) is 3.51. The summed E-state index contributed by atoms with van der Waals surface area (Å²) in [4.78, 5) is 32.0. The Morgan fingerprint density at radius 3 is 3.08 bits per heavy atom. The first kappa shape index (κ1) is 16.7. The first-order chi connectivity index (χ1) is 11.6. The summed E-state index contributed by atoms with van der Waals surface area (Å²) >= 11 is 1.60. The molecule has 1 N–H and O–H groups in total. The molecule has 1 aliphatic rings. The molecule has 0 aliphatic carbocycles. The Balaban J connectivity index is 1.66. The smallest absolute Gasteiger partial charge is 0.293 e. The lowest BCUT2D eigenvalue weighted by Gasteiger charge is -2.34. The molecule has 1 amide bonds. The molecule has 3 heterocycles. The second-order valence-corrected chi connectivity index (χ2v) is 7.18. The molecule has 0 bridgehead atoms. The molecule has 6 nitrogen and oxygen atoms in total. The van der Waals surface area contributed by atoms with Crippen LogP contribution in [0.25, 0.3) is 0 Å². The minimum Gasteiger partial charge on any atom is -0.351 e. The number of piperidine rings is 1. The first-order valence-corrected chi connectivity index (χ1v) is 9.04. The Kier molecular flexibility index (Phi) is 4.99. The maximum Gasteiger partial charge on any atom is 0.293 e. The third-order valence-corrected chi connectivity index (χ3v) is 5.48. The van der Waals surface area contributed by atoms with Crippen LogP contribution in [0, 0.1) is 0 Å². The fourth-order valence-electron chi connectivity index (χ4n) is 2.98. The molecular formula is C17H22N4O2S. The minimum absolute atomic E-state index is 0.0400. The van der Waals surface area contributed by atoms with Gasteiger partial charge in [0, 0.05) is 43.4 Å². The van der Waals surface area contributed by atoms with Crippen LogP contribution < -0.4 is 15.8 Å². The van der Waals surface area contributed by atoms with Gasteiger partial charge in [-0.2, -0.15) is 0 Å². The van der Waals surface area contributed by atoms with Gasteiger partial charge in [0.15, 0.2) is 5.82 Å². The predicted molar refractivity (Wildman–Crippen MR) is 95.6 cm³/mol. The van der Waals surface area contributed by atoms with E-state index in [1.807, 2.05) is 29.3 Å². The number of aromatic nitrogens is 2. The average molecular weight is 346 g/mol. The van der Waals surface area contributed by atoms with Crippen LogP contribution in [-0.4, -0.2) is 34.6 Å². The Morgan fingerprint density at radius 2 is 2.33 bits per heavy atom. The first-order valence-electron chi connectivity index (χ1n) is 8.16. The summed E-state index contributed by atoms with van der Waals surface area (Å²) in [6.07, 6.45) is 5.14. The van der Waals surface area contributed by atoms with Gasteiger partial charge in [-0.1, -0.05) is 6.07 Å². The zero-order chi connectivity index (χ0) is 17.1. The van der Waals surface area contributed by atoms with Crippen LogP contribution in [0.15, 0.2) is 34.7 Å². The number of hydrogen-bond acceptors (Lipinski definition) is 5. The number of thiophene rings is 1. The Hall–Kier alpha value is -2.15. The molecule has 0 spiro atoms. The number of nitrogens with one attached hydrogen (secondary N) is 1. The quantitative estimate of drug-likeness (QED) is 0.915. The summed E-state index contributed by atoms with van der Waals surface area (Å²) in [5.74, 6) is 0.353. The third-order valence-electron chi connectivity index (χ3n) is 4.43. The van der Waals surface area contributed by atoms with Gasteiger partial charge < -0.3 is 14.8 Å². The second kappa shape index (κ2) is 7.17. The zero-order valence-corrected chi connectivity index (χ0v) is 14.8. The maximum atomic E-state index is 12.5. The number of aryl methyl sites for hydroxylation is 1. The fraction of sp³-hybridized carbons (Fsp3) is 0.471. The molecule has 2 aromatic rings. The highest BCUT2D eigenvalue weighted by Gasteiger charge is 2.26. The van der Waals surface area contributed by atoms with Crippen LogP contribution in [0.1, 0.15) is 30.6 Å². The molecule has 1 saturated heterocycles. The molecule has 0 radical (unpaired) electrons. The molecule has 7 heteroatoms. The molecule has 2 aromatic heterocycles. The van der Waals surface area contributed by atoms with E-state index in [1.54, 1.807) is 30.8 Å². The van der Waals surface area contributed by atoms with Gasteiger partial charge >= 0.3 is 0 Å². The van der Waals surface area contributed by atoms with E-state index in [4.69, 9.17) is 0 Å². The molecule has 0 aromatic carbocycles. The van der Waals surface area contributed by atoms with E-state index in [0.29, 0.717) is 12.4 Å². The zero-order valence-electron chi connectivity index (χ0n) is 13.9. The lowest BCUT2D eigenvalue weighted by atomic mass is 10.0. The van der Waals surface area contributed by atoms with E-state index in [0.717, 1.165) is 24.3 Å². The van der Waals surface area contributed by atoms with Crippen molar-refractivity contribution in [2.45, 2.75) is 31.7 Å². The summed E-state index contributed by atoms with van der Waals surface area (Å²) in [7, 11) is 1.72. The van der Waals surface area contributed by atoms with Gasteiger partial charge in [0.25, 0.3) is 5.56 Å². The van der Waals surface area contributed by atoms with Crippen LogP contribution in [-0.2, 0) is 11.8 Å². The molecule has 24 heavy (non-hydrogen) atoms. The van der Waals surface area contributed by atoms with Crippen molar-refractivity contribution in [3.8, 4) is 0 Å². The van der Waals surface area contributed by atoms with Gasteiger partial charge in [-0.25, -0.2) is 4.98 Å². The van der Waals surface area contributed by atoms with Crippen molar-refractivity contribution < 1.29 is 4.79 Å². The van der Waals surface area contributed by atoms with Crippen molar-refractivity contribution in [1.29, 1.82) is 0 Å². The normalized spacial score (nSPS) is 19.1. The largest absolute Gasteiger partial charge is 0.351 e. The van der Waals surface area contributed by atoms with Crippen LogP contribution in [0.5, 0.6) is 0 Å². The Labute approximate surface area is 145 Å². The number of carbonyl (C=O) groups excluding carboxylic acids is 1. The summed E-state index contributed by atoms with van der Waals surface area (Å²) in [6, 6.07) is 3.99. The summed E-state index contributed by atoms with van der Waals surface area (Å²) in [5.41, 5.74) is -0.101. The molecule has 0 saturated carbocycles. The molecule has 1 fully saturated rings. The Morgan fingerprint density at radius 1 is 1.50 bits per heavy atom. The Bertz CT molecular complexity index is 756. The van der Waals surface area contributed by atoms with Gasteiger partial charge in [-0.3, -0.25) is 9.59 Å². The molecule has 2 atom stereocenters. The number of carbonyl (C=O) groups is 1. The van der Waals surface area contributed by atoms with E-state index in [1.165, 1.54) is 4.57 Å². The van der Waals surface area contributed by atoms with E-state index in [2.05, 4.69) is 10.3 Å². The van der Waals surface area contributed by atoms with Crippen molar-refractivity contribution in [1.82, 2.24) is 14.9 Å². The van der Waals surface area contributed by atoms with Crippen molar-refractivity contribution in [3.63, 3.8) is 0 Å². The van der Waals surface area contributed by atoms with Gasteiger partial charge in [-0.15, -0.1) is 11.3 Å². The predicted octanol–water partition coefficient (Wildman–Crippen LogP) is 1.73. The number of amides is 1. The van der Waals surface area contributed by atoms with Gasteiger partial charge in [0.2, 0.25) is 5.91 Å². The topological polar surface area (TPSA) is 67.2 Å². The SMILES string of the molecule is C[C@H](C(=O)N[C@H]1CCCN(c2nccn(C)c2=O)C1)c1cccs1. The summed E-state index contributed by atoms with van der Waals surface area (Å²) in [5, 5.41) is 5.11. The van der Waals surface area contributed by atoms with E-state index in [9.17, 15) is 9.59 Å². The average Bonchev–Trinajstić information content (AvgIpc) is 3.11. The fourth-order valence-corrected chi connectivity index (χ4v) is 3.76. The molecule has 1 aliphatic heterocycles. The number of rotatable bonds is 4. The minimum atomic E-state index is -0.150. The molecule has 128 valence electrons. The van der Waals surface area contributed by atoms with E-state index >= 15 is 0 Å². The number of nitrogens with zero attached hydrogens (tertiary/aromatic N) is 3. The highest BCUT2D eigenvalue weighted by Crippen LogP contribution is 2.22. The lowest BCUT2D eigenvalue weighted by Crippen LogP contribution is -2.50. The standard InChI is InChI=1S/C17H22N4O2S/c1-12(14-6-4-10-24-14)16(22)19-13-5-3-8-21(11-13)15-17(23)20(2)9-7-18-15/h4,6-7,9-10,12-13H,3,5,8,11H2,1-2H3,(H,19,22)/t12-,13-/m0/s1. The van der Waals surface area contributed by atoms with Crippen molar-refractivity contribution in [2.75, 3.05) is 18.0 Å². The van der Waals surface area contributed by atoms with Crippen molar-refractivity contribution in [2.24, 2.45) is 7.05 Å².